The zero-order valence-corrected chi connectivity index (χ0v) is 12.6. The maximum atomic E-state index is 11.1. The molecule has 0 unspecified atom stereocenters. The van der Waals surface area contributed by atoms with Crippen molar-refractivity contribution in [3.8, 4) is 5.75 Å². The van der Waals surface area contributed by atoms with Crippen molar-refractivity contribution < 1.29 is 44.9 Å². The summed E-state index contributed by atoms with van der Waals surface area (Å²) in [6.07, 6.45) is 0.998. The average Bonchev–Trinajstić information content (AvgIpc) is 2.32. The van der Waals surface area contributed by atoms with E-state index in [-0.39, 0.29) is 21.1 Å². The van der Waals surface area contributed by atoms with Crippen molar-refractivity contribution >= 4 is 12.1 Å². The van der Waals surface area contributed by atoms with Gasteiger partial charge in [0.25, 0.3) is 0 Å². The van der Waals surface area contributed by atoms with E-state index in [1.165, 1.54) is 0 Å². The molecule has 0 aliphatic heterocycles. The molecule has 5 nitrogen and oxygen atoms in total. The molecule has 0 spiro atoms. The van der Waals surface area contributed by atoms with E-state index >= 15 is 0 Å². The van der Waals surface area contributed by atoms with Crippen LogP contribution >= 0.6 is 0 Å². The molecule has 0 bridgehead atoms. The summed E-state index contributed by atoms with van der Waals surface area (Å²) >= 11 is 0. The Balaban J connectivity index is 0.00000289. The first kappa shape index (κ1) is 16.4. The molecule has 0 amide bonds. The van der Waals surface area contributed by atoms with Crippen molar-refractivity contribution in [3.63, 3.8) is 0 Å². The van der Waals surface area contributed by atoms with E-state index < -0.39 is 18.9 Å². The summed E-state index contributed by atoms with van der Waals surface area (Å²) in [6.45, 7) is 4.44. The van der Waals surface area contributed by atoms with Crippen LogP contribution in [-0.4, -0.2) is 18.9 Å². The van der Waals surface area contributed by atoms with Crippen LogP contribution in [0.4, 0.5) is 4.79 Å². The van der Waals surface area contributed by atoms with Crippen molar-refractivity contribution in [1.29, 1.82) is 0 Å². The fourth-order valence-corrected chi connectivity index (χ4v) is 0.914. The van der Waals surface area contributed by atoms with Gasteiger partial charge >= 0.3 is 6.16 Å². The van der Waals surface area contributed by atoms with Crippen LogP contribution in [0.2, 0.25) is 0 Å². The standard InChI is InChI=1S/C12H11O5.W/c1-3-11(13)15-8-16-12(14)17-10-6-4-9(2)5-7-10;/h4-7H,1,8H2,2H3;/q-1;. The Bertz CT molecular complexity index is 413. The molecular weight excluding hydrogens is 408 g/mol. The van der Waals surface area contributed by atoms with Crippen LogP contribution in [-0.2, 0) is 35.3 Å². The fraction of sp³-hybridized carbons (Fsp3) is 0.167. The van der Waals surface area contributed by atoms with Crippen LogP contribution in [0.3, 0.4) is 0 Å². The molecule has 0 saturated carbocycles. The summed E-state index contributed by atoms with van der Waals surface area (Å²) in [5, 5.41) is 0. The van der Waals surface area contributed by atoms with E-state index in [4.69, 9.17) is 4.74 Å². The maximum Gasteiger partial charge on any atom is 0.516 e. The number of carbonyl (C=O) groups excluding carboxylic acids is 2. The van der Waals surface area contributed by atoms with Gasteiger partial charge in [0.15, 0.2) is 5.97 Å². The number of carbonyl (C=O) groups is 2. The van der Waals surface area contributed by atoms with E-state index in [1.54, 1.807) is 24.3 Å². The Morgan fingerprint density at radius 1 is 1.22 bits per heavy atom. The number of ether oxygens (including phenoxy) is 3. The van der Waals surface area contributed by atoms with Crippen molar-refractivity contribution in [1.82, 2.24) is 0 Å². The SMILES string of the molecule is C=[C-]C(=O)OCOC(=O)Oc1ccc(C)cc1.[W]. The zero-order chi connectivity index (χ0) is 12.7. The molecule has 6 heteroatoms. The van der Waals surface area contributed by atoms with Gasteiger partial charge in [0.05, 0.1) is 0 Å². The van der Waals surface area contributed by atoms with Gasteiger partial charge in [-0.2, -0.15) is 0 Å². The normalized spacial score (nSPS) is 8.72. The Hall–Kier alpha value is -1.61. The molecule has 18 heavy (non-hydrogen) atoms. The third-order valence-electron chi connectivity index (χ3n) is 1.73. The van der Waals surface area contributed by atoms with E-state index in [9.17, 15) is 9.59 Å². The number of hydrogen-bond acceptors (Lipinski definition) is 5. The molecule has 0 N–H and O–H groups in total. The first-order chi connectivity index (χ1) is 8.11. The maximum absolute atomic E-state index is 11.1. The number of benzene rings is 1. The van der Waals surface area contributed by atoms with Gasteiger partial charge in [0.1, 0.15) is 5.75 Å². The summed E-state index contributed by atoms with van der Waals surface area (Å²) in [6, 6.07) is 6.82. The topological polar surface area (TPSA) is 61.8 Å². The molecule has 1 aromatic carbocycles. The van der Waals surface area contributed by atoms with Gasteiger partial charge in [-0.15, -0.1) is 0 Å². The summed E-state index contributed by atoms with van der Waals surface area (Å²) < 4.78 is 13.7. The molecule has 0 fully saturated rings. The Morgan fingerprint density at radius 2 is 1.83 bits per heavy atom. The fourth-order valence-electron chi connectivity index (χ4n) is 0.914. The Kier molecular flexibility index (Phi) is 7.72. The van der Waals surface area contributed by atoms with Gasteiger partial charge < -0.3 is 20.3 Å². The zero-order valence-electron chi connectivity index (χ0n) is 9.67. The quantitative estimate of drug-likeness (QED) is 0.246. The van der Waals surface area contributed by atoms with Crippen LogP contribution in [0.15, 0.2) is 30.8 Å². The largest absolute Gasteiger partial charge is 0.516 e. The molecule has 0 saturated heterocycles. The molecule has 0 aromatic heterocycles. The minimum absolute atomic E-state index is 0. The molecular formula is C12H11O5W-. The second kappa shape index (κ2) is 8.47. The minimum atomic E-state index is -0.953. The smallest absolute Gasteiger partial charge is 0.454 e. The molecule has 0 atom stereocenters. The van der Waals surface area contributed by atoms with E-state index in [0.717, 1.165) is 5.56 Å². The van der Waals surface area contributed by atoms with Gasteiger partial charge in [-0.25, -0.2) is 4.79 Å². The van der Waals surface area contributed by atoms with Crippen molar-refractivity contribution in [3.05, 3.63) is 42.5 Å². The molecule has 96 valence electrons. The second-order valence-electron chi connectivity index (χ2n) is 3.04. The van der Waals surface area contributed by atoms with Crippen LogP contribution in [0.1, 0.15) is 5.56 Å². The van der Waals surface area contributed by atoms with E-state index in [0.29, 0.717) is 5.75 Å². The number of aryl methyl sites for hydroxylation is 1. The molecule has 0 heterocycles. The first-order valence-electron chi connectivity index (χ1n) is 4.73. The third-order valence-corrected chi connectivity index (χ3v) is 1.73. The van der Waals surface area contributed by atoms with Gasteiger partial charge in [-0.1, -0.05) is 17.7 Å². The van der Waals surface area contributed by atoms with Crippen LogP contribution in [0.25, 0.3) is 0 Å². The van der Waals surface area contributed by atoms with Crippen molar-refractivity contribution in [2.24, 2.45) is 0 Å². The third kappa shape index (κ3) is 6.20. The van der Waals surface area contributed by atoms with Crippen LogP contribution < -0.4 is 4.74 Å². The molecule has 0 aliphatic rings. The molecule has 0 aliphatic carbocycles. The number of hydrogen-bond donors (Lipinski definition) is 0. The summed E-state index contributed by atoms with van der Waals surface area (Å²) in [7, 11) is 0. The molecule has 1 rings (SSSR count). The van der Waals surface area contributed by atoms with E-state index in [1.807, 2.05) is 13.0 Å². The van der Waals surface area contributed by atoms with Gasteiger partial charge in [-0.3, -0.25) is 11.4 Å². The number of esters is 1. The summed E-state index contributed by atoms with van der Waals surface area (Å²) in [5.74, 6) is -0.449. The Labute approximate surface area is 119 Å². The van der Waals surface area contributed by atoms with Crippen molar-refractivity contribution in [2.45, 2.75) is 6.92 Å². The molecule has 0 radical (unpaired) electrons. The molecule has 1 aromatic rings. The predicted molar refractivity (Wildman–Crippen MR) is 58.1 cm³/mol. The van der Waals surface area contributed by atoms with E-state index in [2.05, 4.69) is 16.1 Å². The first-order valence-corrected chi connectivity index (χ1v) is 4.73. The van der Waals surface area contributed by atoms with Gasteiger partial charge in [0, 0.05) is 21.1 Å². The van der Waals surface area contributed by atoms with Crippen LogP contribution in [0, 0.1) is 13.0 Å². The monoisotopic (exact) mass is 419 g/mol. The number of rotatable bonds is 4. The average molecular weight is 419 g/mol. The van der Waals surface area contributed by atoms with Gasteiger partial charge in [0.2, 0.25) is 6.79 Å². The van der Waals surface area contributed by atoms with Crippen LogP contribution in [0.5, 0.6) is 5.75 Å². The second-order valence-corrected chi connectivity index (χ2v) is 3.04. The summed E-state index contributed by atoms with van der Waals surface area (Å²) in [4.78, 5) is 21.7. The minimum Gasteiger partial charge on any atom is -0.454 e. The Morgan fingerprint density at radius 3 is 2.39 bits per heavy atom. The van der Waals surface area contributed by atoms with Crippen molar-refractivity contribution in [2.75, 3.05) is 6.79 Å². The van der Waals surface area contributed by atoms with Gasteiger partial charge in [-0.05, 0) is 19.1 Å². The predicted octanol–water partition coefficient (Wildman–Crippen LogP) is 2.00. The summed E-state index contributed by atoms with van der Waals surface area (Å²) in [5.41, 5.74) is 1.04.